The molecule has 6 nitrogen and oxygen atoms in total. The van der Waals surface area contributed by atoms with E-state index in [1.807, 2.05) is 10.7 Å². The molecule has 2 heterocycles. The van der Waals surface area contributed by atoms with Gasteiger partial charge in [0.2, 0.25) is 0 Å². The predicted molar refractivity (Wildman–Crippen MR) is 86.4 cm³/mol. The van der Waals surface area contributed by atoms with Crippen LogP contribution in [0.25, 0.3) is 10.9 Å². The molecule has 1 saturated heterocycles. The molecule has 2 atom stereocenters. The smallest absolute Gasteiger partial charge is 0.270 e. The van der Waals surface area contributed by atoms with Crippen molar-refractivity contribution in [2.45, 2.75) is 51.7 Å². The van der Waals surface area contributed by atoms with Crippen molar-refractivity contribution >= 4 is 16.6 Å². The standard InChI is InChI=1S/C17H21N3O3/c1-17(2)10-13(17)16-12-9-11(20(21)22)6-7-14(12)19(18-16)15-5-3-4-8-23-15/h6-7,9,13,15H,3-5,8,10H2,1-2H3. The number of nitro groups is 1. The van der Waals surface area contributed by atoms with Crippen LogP contribution in [0.1, 0.15) is 57.4 Å². The molecule has 1 aliphatic carbocycles. The van der Waals surface area contributed by atoms with Crippen LogP contribution in [0.5, 0.6) is 0 Å². The van der Waals surface area contributed by atoms with Crippen molar-refractivity contribution in [3.63, 3.8) is 0 Å². The van der Waals surface area contributed by atoms with Gasteiger partial charge < -0.3 is 4.74 Å². The molecule has 2 fully saturated rings. The molecule has 2 aliphatic rings. The highest BCUT2D eigenvalue weighted by atomic mass is 16.6. The molecule has 0 spiro atoms. The molecule has 0 N–H and O–H groups in total. The topological polar surface area (TPSA) is 70.2 Å². The highest BCUT2D eigenvalue weighted by molar-refractivity contribution is 5.85. The van der Waals surface area contributed by atoms with E-state index in [4.69, 9.17) is 9.84 Å². The summed E-state index contributed by atoms with van der Waals surface area (Å²) in [6.45, 7) is 5.19. The van der Waals surface area contributed by atoms with Crippen LogP contribution in [-0.4, -0.2) is 21.3 Å². The number of nitro benzene ring substituents is 1. The lowest BCUT2D eigenvalue weighted by molar-refractivity contribution is -0.384. The van der Waals surface area contributed by atoms with E-state index < -0.39 is 0 Å². The van der Waals surface area contributed by atoms with Crippen LogP contribution in [0, 0.1) is 15.5 Å². The Morgan fingerprint density at radius 3 is 2.78 bits per heavy atom. The van der Waals surface area contributed by atoms with Gasteiger partial charge in [0.05, 0.1) is 16.1 Å². The predicted octanol–water partition coefficient (Wildman–Crippen LogP) is 4.16. The number of non-ortho nitro benzene ring substituents is 1. The first-order chi connectivity index (χ1) is 11.0. The third-order valence-corrected chi connectivity index (χ3v) is 5.20. The lowest BCUT2D eigenvalue weighted by atomic mass is 10.0. The molecule has 2 aromatic rings. The number of benzene rings is 1. The van der Waals surface area contributed by atoms with Crippen LogP contribution >= 0.6 is 0 Å². The monoisotopic (exact) mass is 315 g/mol. The van der Waals surface area contributed by atoms with Crippen LogP contribution < -0.4 is 0 Å². The number of hydrogen-bond donors (Lipinski definition) is 0. The van der Waals surface area contributed by atoms with Crippen LogP contribution in [-0.2, 0) is 4.74 Å². The average Bonchev–Trinajstić information content (AvgIpc) is 3.02. The van der Waals surface area contributed by atoms with E-state index in [9.17, 15) is 10.1 Å². The minimum atomic E-state index is -0.338. The van der Waals surface area contributed by atoms with Gasteiger partial charge in [0.25, 0.3) is 5.69 Å². The molecule has 6 heteroatoms. The minimum Gasteiger partial charge on any atom is -0.356 e. The summed E-state index contributed by atoms with van der Waals surface area (Å²) in [6, 6.07) is 5.05. The van der Waals surface area contributed by atoms with Gasteiger partial charge in [-0.15, -0.1) is 0 Å². The molecule has 2 unspecified atom stereocenters. The Kier molecular flexibility index (Phi) is 3.20. The summed E-state index contributed by atoms with van der Waals surface area (Å²) in [4.78, 5) is 10.8. The maximum Gasteiger partial charge on any atom is 0.270 e. The molecule has 23 heavy (non-hydrogen) atoms. The molecule has 1 saturated carbocycles. The summed E-state index contributed by atoms with van der Waals surface area (Å²) in [5, 5.41) is 16.9. The minimum absolute atomic E-state index is 0.0525. The Morgan fingerprint density at radius 1 is 1.39 bits per heavy atom. The fourth-order valence-electron chi connectivity index (χ4n) is 3.59. The molecule has 122 valence electrons. The maximum absolute atomic E-state index is 11.1. The molecule has 0 radical (unpaired) electrons. The van der Waals surface area contributed by atoms with E-state index in [0.29, 0.717) is 5.92 Å². The van der Waals surface area contributed by atoms with E-state index in [2.05, 4.69) is 13.8 Å². The molecule has 0 bridgehead atoms. The fourth-order valence-corrected chi connectivity index (χ4v) is 3.59. The van der Waals surface area contributed by atoms with Gasteiger partial charge in [0.1, 0.15) is 0 Å². The fraction of sp³-hybridized carbons (Fsp3) is 0.588. The van der Waals surface area contributed by atoms with E-state index in [0.717, 1.165) is 48.9 Å². The Balaban J connectivity index is 1.85. The number of aromatic nitrogens is 2. The second-order valence-electron chi connectivity index (χ2n) is 7.35. The van der Waals surface area contributed by atoms with Crippen molar-refractivity contribution in [3.05, 3.63) is 34.0 Å². The van der Waals surface area contributed by atoms with Gasteiger partial charge in [0.15, 0.2) is 6.23 Å². The largest absolute Gasteiger partial charge is 0.356 e. The highest BCUT2D eigenvalue weighted by Gasteiger charge is 2.49. The SMILES string of the molecule is CC1(C)CC1c1nn(C2CCCCO2)c2ccc([N+](=O)[O-])cc12. The molecule has 1 aliphatic heterocycles. The quantitative estimate of drug-likeness (QED) is 0.630. The van der Waals surface area contributed by atoms with Crippen LogP contribution in [0.3, 0.4) is 0 Å². The van der Waals surface area contributed by atoms with Crippen molar-refractivity contribution in [1.82, 2.24) is 9.78 Å². The van der Waals surface area contributed by atoms with Gasteiger partial charge in [-0.3, -0.25) is 10.1 Å². The van der Waals surface area contributed by atoms with Gasteiger partial charge in [-0.25, -0.2) is 4.68 Å². The van der Waals surface area contributed by atoms with Gasteiger partial charge in [-0.2, -0.15) is 5.10 Å². The summed E-state index contributed by atoms with van der Waals surface area (Å²) in [7, 11) is 0. The number of hydrogen-bond acceptors (Lipinski definition) is 4. The highest BCUT2D eigenvalue weighted by Crippen LogP contribution is 2.59. The van der Waals surface area contributed by atoms with Crippen molar-refractivity contribution in [2.75, 3.05) is 6.61 Å². The Labute approximate surface area is 134 Å². The maximum atomic E-state index is 11.1. The number of ether oxygens (including phenoxy) is 1. The first-order valence-electron chi connectivity index (χ1n) is 8.25. The molecule has 1 aromatic carbocycles. The number of rotatable bonds is 3. The van der Waals surface area contributed by atoms with Gasteiger partial charge >= 0.3 is 0 Å². The lowest BCUT2D eigenvalue weighted by Crippen LogP contribution is -2.19. The number of fused-ring (bicyclic) bond motifs is 1. The molecule has 4 rings (SSSR count). The third kappa shape index (κ3) is 2.41. The summed E-state index contributed by atoms with van der Waals surface area (Å²) < 4.78 is 7.83. The van der Waals surface area contributed by atoms with E-state index in [1.54, 1.807) is 12.1 Å². The van der Waals surface area contributed by atoms with Crippen molar-refractivity contribution in [3.8, 4) is 0 Å². The average molecular weight is 315 g/mol. The zero-order valence-electron chi connectivity index (χ0n) is 13.5. The first kappa shape index (κ1) is 14.6. The van der Waals surface area contributed by atoms with E-state index >= 15 is 0 Å². The van der Waals surface area contributed by atoms with Crippen molar-refractivity contribution in [2.24, 2.45) is 5.41 Å². The van der Waals surface area contributed by atoms with Crippen LogP contribution in [0.15, 0.2) is 18.2 Å². The van der Waals surface area contributed by atoms with Crippen LogP contribution in [0.2, 0.25) is 0 Å². The summed E-state index contributed by atoms with van der Waals surface area (Å²) in [5.74, 6) is 0.372. The van der Waals surface area contributed by atoms with Gasteiger partial charge in [-0.1, -0.05) is 13.8 Å². The zero-order chi connectivity index (χ0) is 16.2. The van der Waals surface area contributed by atoms with Crippen LogP contribution in [0.4, 0.5) is 5.69 Å². The molecular formula is C17H21N3O3. The van der Waals surface area contributed by atoms with Crippen molar-refractivity contribution in [1.29, 1.82) is 0 Å². The molecule has 1 aromatic heterocycles. The summed E-state index contributed by atoms with van der Waals surface area (Å²) >= 11 is 0. The normalized spacial score (nSPS) is 26.3. The summed E-state index contributed by atoms with van der Waals surface area (Å²) in [6.07, 6.45) is 4.19. The second-order valence-corrected chi connectivity index (χ2v) is 7.35. The van der Waals surface area contributed by atoms with E-state index in [-0.39, 0.29) is 22.3 Å². The van der Waals surface area contributed by atoms with Crippen molar-refractivity contribution < 1.29 is 9.66 Å². The number of nitrogens with zero attached hydrogens (tertiary/aromatic N) is 3. The van der Waals surface area contributed by atoms with Gasteiger partial charge in [-0.05, 0) is 37.2 Å². The molecule has 0 amide bonds. The van der Waals surface area contributed by atoms with E-state index in [1.165, 1.54) is 0 Å². The first-order valence-corrected chi connectivity index (χ1v) is 8.25. The summed E-state index contributed by atoms with van der Waals surface area (Å²) in [5.41, 5.74) is 2.29. The zero-order valence-corrected chi connectivity index (χ0v) is 13.5. The van der Waals surface area contributed by atoms with Gasteiger partial charge in [0, 0.05) is 30.0 Å². The molecular weight excluding hydrogens is 294 g/mol. The Bertz CT molecular complexity index is 775. The Morgan fingerprint density at radius 2 is 2.17 bits per heavy atom. The third-order valence-electron chi connectivity index (χ3n) is 5.20. The second kappa shape index (κ2) is 5.03. The Hall–Kier alpha value is -1.95. The lowest BCUT2D eigenvalue weighted by Gasteiger charge is -2.23.